The minimum absolute atomic E-state index is 0.190. The van der Waals surface area contributed by atoms with Gasteiger partial charge in [0.2, 0.25) is 0 Å². The van der Waals surface area contributed by atoms with Crippen molar-refractivity contribution < 1.29 is 19.4 Å². The van der Waals surface area contributed by atoms with E-state index in [1.807, 2.05) is 6.92 Å². The summed E-state index contributed by atoms with van der Waals surface area (Å²) in [5.74, 6) is 5.99. The smallest absolute Gasteiger partial charge is 0.293 e. The highest BCUT2D eigenvalue weighted by Crippen LogP contribution is 2.47. The molecule has 18 heavy (non-hydrogen) atoms. The molecule has 0 bridgehead atoms. The van der Waals surface area contributed by atoms with Gasteiger partial charge in [-0.3, -0.25) is 4.79 Å². The van der Waals surface area contributed by atoms with Crippen LogP contribution in [-0.2, 0) is 14.3 Å². The highest BCUT2D eigenvalue weighted by molar-refractivity contribution is 5.37. The molecule has 4 heteroatoms. The van der Waals surface area contributed by atoms with Crippen LogP contribution >= 0.6 is 0 Å². The number of hydrogen-bond acceptors (Lipinski definition) is 4. The minimum Gasteiger partial charge on any atom is -0.467 e. The van der Waals surface area contributed by atoms with Gasteiger partial charge in [0.15, 0.2) is 0 Å². The van der Waals surface area contributed by atoms with Crippen LogP contribution in [0.1, 0.15) is 33.1 Å². The minimum atomic E-state index is -1.12. The first kappa shape index (κ1) is 15.0. The molecule has 0 aromatic rings. The molecule has 1 rings (SSSR count). The third-order valence-corrected chi connectivity index (χ3v) is 4.17. The maximum atomic E-state index is 10.8. The zero-order valence-corrected chi connectivity index (χ0v) is 11.4. The summed E-state index contributed by atoms with van der Waals surface area (Å²) in [5, 5.41) is 10.8. The molecule has 0 aliphatic heterocycles. The van der Waals surface area contributed by atoms with Crippen molar-refractivity contribution in [3.63, 3.8) is 0 Å². The lowest BCUT2D eigenvalue weighted by Crippen LogP contribution is -2.54. The van der Waals surface area contributed by atoms with Crippen molar-refractivity contribution >= 4 is 6.47 Å². The van der Waals surface area contributed by atoms with E-state index in [0.717, 1.165) is 12.8 Å². The molecule has 0 radical (unpaired) electrons. The SMILES string of the molecule is COCC#CC1(O)CCC[C@@H](C)[C@@]1(C)COC=O. The van der Waals surface area contributed by atoms with E-state index in [9.17, 15) is 9.90 Å². The maximum absolute atomic E-state index is 10.8. The Morgan fingerprint density at radius 1 is 1.56 bits per heavy atom. The second-order valence-corrected chi connectivity index (χ2v) is 5.21. The van der Waals surface area contributed by atoms with Crippen LogP contribution in [0.2, 0.25) is 0 Å². The third-order valence-electron chi connectivity index (χ3n) is 4.17. The first-order chi connectivity index (χ1) is 8.50. The fourth-order valence-electron chi connectivity index (χ4n) is 2.60. The number of carbonyl (C=O) groups is 1. The van der Waals surface area contributed by atoms with Crippen LogP contribution in [0.3, 0.4) is 0 Å². The van der Waals surface area contributed by atoms with Gasteiger partial charge in [0.25, 0.3) is 6.47 Å². The topological polar surface area (TPSA) is 55.8 Å². The number of rotatable bonds is 4. The molecule has 0 heterocycles. The van der Waals surface area contributed by atoms with Crippen LogP contribution in [0, 0.1) is 23.2 Å². The lowest BCUT2D eigenvalue weighted by atomic mass is 9.59. The number of carbonyl (C=O) groups excluding carboxylic acids is 1. The van der Waals surface area contributed by atoms with E-state index < -0.39 is 11.0 Å². The predicted octanol–water partition coefficient (Wildman–Crippen LogP) is 1.37. The summed E-state index contributed by atoms with van der Waals surface area (Å²) in [4.78, 5) is 10.4. The molecule has 102 valence electrons. The largest absolute Gasteiger partial charge is 0.467 e. The third kappa shape index (κ3) is 2.85. The van der Waals surface area contributed by atoms with E-state index >= 15 is 0 Å². The van der Waals surface area contributed by atoms with Crippen molar-refractivity contribution in [2.24, 2.45) is 11.3 Å². The van der Waals surface area contributed by atoms with E-state index in [-0.39, 0.29) is 12.5 Å². The van der Waals surface area contributed by atoms with Crippen LogP contribution in [-0.4, -0.2) is 37.5 Å². The Morgan fingerprint density at radius 2 is 2.28 bits per heavy atom. The fourth-order valence-corrected chi connectivity index (χ4v) is 2.60. The maximum Gasteiger partial charge on any atom is 0.293 e. The van der Waals surface area contributed by atoms with Crippen molar-refractivity contribution in [1.29, 1.82) is 0 Å². The molecule has 0 spiro atoms. The average Bonchev–Trinajstić information content (AvgIpc) is 2.34. The highest BCUT2D eigenvalue weighted by atomic mass is 16.5. The molecule has 1 aliphatic carbocycles. The normalized spacial score (nSPS) is 35.4. The molecule has 1 saturated carbocycles. The molecule has 0 aromatic heterocycles. The number of methoxy groups -OCH3 is 1. The molecular weight excluding hydrogens is 232 g/mol. The molecule has 0 aromatic carbocycles. The Labute approximate surface area is 109 Å². The lowest BCUT2D eigenvalue weighted by molar-refractivity contribution is -0.149. The summed E-state index contributed by atoms with van der Waals surface area (Å²) in [6, 6.07) is 0. The molecule has 1 aliphatic rings. The van der Waals surface area contributed by atoms with Crippen molar-refractivity contribution in [2.45, 2.75) is 38.7 Å². The Balaban J connectivity index is 2.96. The number of hydrogen-bond donors (Lipinski definition) is 1. The monoisotopic (exact) mass is 254 g/mol. The molecular formula is C14H22O4. The summed E-state index contributed by atoms with van der Waals surface area (Å²) in [5.41, 5.74) is -1.65. The van der Waals surface area contributed by atoms with Crippen LogP contribution in [0.5, 0.6) is 0 Å². The summed E-state index contributed by atoms with van der Waals surface area (Å²) in [7, 11) is 1.57. The zero-order valence-electron chi connectivity index (χ0n) is 11.4. The number of aliphatic hydroxyl groups is 1. The zero-order chi connectivity index (χ0) is 13.6. The van der Waals surface area contributed by atoms with Crippen LogP contribution < -0.4 is 0 Å². The predicted molar refractivity (Wildman–Crippen MR) is 67.7 cm³/mol. The van der Waals surface area contributed by atoms with Gasteiger partial charge >= 0.3 is 0 Å². The van der Waals surface area contributed by atoms with Crippen molar-refractivity contribution in [1.82, 2.24) is 0 Å². The van der Waals surface area contributed by atoms with E-state index in [1.54, 1.807) is 7.11 Å². The summed E-state index contributed by atoms with van der Waals surface area (Å²) in [6.07, 6.45) is 2.54. The van der Waals surface area contributed by atoms with E-state index in [1.165, 1.54) is 0 Å². The van der Waals surface area contributed by atoms with Gasteiger partial charge < -0.3 is 14.6 Å². The van der Waals surface area contributed by atoms with Gasteiger partial charge in [-0.15, -0.1) is 0 Å². The second-order valence-electron chi connectivity index (χ2n) is 5.21. The van der Waals surface area contributed by atoms with Gasteiger partial charge in [-0.25, -0.2) is 0 Å². The van der Waals surface area contributed by atoms with Gasteiger partial charge in [0.1, 0.15) is 18.8 Å². The molecule has 4 nitrogen and oxygen atoms in total. The first-order valence-corrected chi connectivity index (χ1v) is 6.27. The van der Waals surface area contributed by atoms with Gasteiger partial charge in [-0.1, -0.05) is 25.7 Å². The van der Waals surface area contributed by atoms with Crippen molar-refractivity contribution in [3.8, 4) is 11.8 Å². The lowest BCUT2D eigenvalue weighted by Gasteiger charge is -2.48. The summed E-state index contributed by atoms with van der Waals surface area (Å²) < 4.78 is 9.79. The van der Waals surface area contributed by atoms with Crippen LogP contribution in [0.4, 0.5) is 0 Å². The molecule has 1 unspecified atom stereocenters. The Bertz CT molecular complexity index is 343. The van der Waals surface area contributed by atoms with Gasteiger partial charge in [-0.2, -0.15) is 0 Å². The molecule has 3 atom stereocenters. The van der Waals surface area contributed by atoms with Crippen molar-refractivity contribution in [2.75, 3.05) is 20.3 Å². The van der Waals surface area contributed by atoms with Crippen LogP contribution in [0.25, 0.3) is 0 Å². The molecule has 1 N–H and O–H groups in total. The van der Waals surface area contributed by atoms with Crippen LogP contribution in [0.15, 0.2) is 0 Å². The summed E-state index contributed by atoms with van der Waals surface area (Å²) in [6.45, 7) is 4.91. The fraction of sp³-hybridized carbons (Fsp3) is 0.786. The van der Waals surface area contributed by atoms with Crippen molar-refractivity contribution in [3.05, 3.63) is 0 Å². The van der Waals surface area contributed by atoms with Gasteiger partial charge in [0, 0.05) is 12.5 Å². The van der Waals surface area contributed by atoms with Gasteiger partial charge in [-0.05, 0) is 25.2 Å². The Morgan fingerprint density at radius 3 is 2.89 bits per heavy atom. The first-order valence-electron chi connectivity index (χ1n) is 6.27. The highest BCUT2D eigenvalue weighted by Gasteiger charge is 2.52. The average molecular weight is 254 g/mol. The summed E-state index contributed by atoms with van der Waals surface area (Å²) >= 11 is 0. The Kier molecular flexibility index (Phi) is 5.18. The second kappa shape index (κ2) is 6.21. The Hall–Kier alpha value is -1.05. The van der Waals surface area contributed by atoms with E-state index in [2.05, 4.69) is 18.8 Å². The van der Waals surface area contributed by atoms with E-state index in [4.69, 9.17) is 9.47 Å². The van der Waals surface area contributed by atoms with Gasteiger partial charge in [0.05, 0.1) is 0 Å². The number of ether oxygens (including phenoxy) is 2. The van der Waals surface area contributed by atoms with E-state index in [0.29, 0.717) is 19.5 Å². The molecule has 0 amide bonds. The molecule has 1 fully saturated rings. The quantitative estimate of drug-likeness (QED) is 0.608. The standard InChI is InChI=1S/C14H22O4/c1-12-6-4-7-14(16,8-5-9-17-3)13(12,2)10-18-11-15/h11-12,16H,4,6-7,9-10H2,1-3H3/t12-,13-,14?/m1/s1. The molecule has 0 saturated heterocycles.